The van der Waals surface area contributed by atoms with Gasteiger partial charge in [0, 0.05) is 24.9 Å². The summed E-state index contributed by atoms with van der Waals surface area (Å²) in [5.41, 5.74) is 0.250. The van der Waals surface area contributed by atoms with E-state index in [9.17, 15) is 24.3 Å². The molecule has 2 atom stereocenters. The number of ether oxygens (including phenoxy) is 1. The molecule has 1 fully saturated rings. The number of imide groups is 1. The highest BCUT2D eigenvalue weighted by Crippen LogP contribution is 2.24. The lowest BCUT2D eigenvalue weighted by atomic mass is 10.1. The molecule has 1 aromatic carbocycles. The minimum Gasteiger partial charge on any atom is -0.444 e. The molecule has 4 amide bonds. The van der Waals surface area contributed by atoms with E-state index in [0.717, 1.165) is 37.2 Å². The van der Waals surface area contributed by atoms with Crippen LogP contribution in [0.1, 0.15) is 67.2 Å². The van der Waals surface area contributed by atoms with Crippen molar-refractivity contribution in [2.45, 2.75) is 64.1 Å². The van der Waals surface area contributed by atoms with Crippen LogP contribution < -0.4 is 5.32 Å². The third-order valence-electron chi connectivity index (χ3n) is 5.94. The van der Waals surface area contributed by atoms with Gasteiger partial charge in [0.15, 0.2) is 0 Å². The number of hydrogen-bond donors (Lipinski definition) is 2. The second kappa shape index (κ2) is 11.9. The number of hydrogen-bond acceptors (Lipinski definition) is 7. The van der Waals surface area contributed by atoms with Crippen molar-refractivity contribution in [2.24, 2.45) is 0 Å². The lowest BCUT2D eigenvalue weighted by molar-refractivity contribution is -0.134. The number of aliphatic hydroxyl groups excluding tert-OH is 1. The van der Waals surface area contributed by atoms with Crippen LogP contribution in [0.25, 0.3) is 0 Å². The summed E-state index contributed by atoms with van der Waals surface area (Å²) in [5.74, 6) is 0.852. The molecule has 2 heterocycles. The molecule has 0 aromatic heterocycles. The number of benzene rings is 1. The van der Waals surface area contributed by atoms with Gasteiger partial charge in [0.05, 0.1) is 17.7 Å². The zero-order valence-corrected chi connectivity index (χ0v) is 21.4. The maximum atomic E-state index is 12.9. The molecule has 0 aliphatic carbocycles. The van der Waals surface area contributed by atoms with E-state index in [2.05, 4.69) is 5.32 Å². The van der Waals surface area contributed by atoms with Crippen molar-refractivity contribution < 1.29 is 29.0 Å². The highest BCUT2D eigenvalue weighted by molar-refractivity contribution is 7.99. The number of unbranched alkanes of at least 4 members (excludes halogenated alkanes) is 1. The van der Waals surface area contributed by atoms with E-state index in [1.165, 1.54) is 4.90 Å². The molecule has 0 bridgehead atoms. The first kappa shape index (κ1) is 27.0. The third kappa shape index (κ3) is 6.98. The molecular weight excluding hydrogens is 470 g/mol. The van der Waals surface area contributed by atoms with Crippen LogP contribution in [0.15, 0.2) is 24.3 Å². The van der Waals surface area contributed by atoms with Crippen molar-refractivity contribution >= 4 is 35.6 Å². The molecule has 10 heteroatoms. The number of carbonyl (C=O) groups is 4. The summed E-state index contributed by atoms with van der Waals surface area (Å²) in [6, 6.07) is 5.90. The van der Waals surface area contributed by atoms with Gasteiger partial charge in [0.25, 0.3) is 11.8 Å². The number of carbonyl (C=O) groups excluding carboxylic acids is 4. The first-order valence-corrected chi connectivity index (χ1v) is 13.2. The van der Waals surface area contributed by atoms with Crippen LogP contribution in [0.3, 0.4) is 0 Å². The number of rotatable bonds is 10. The Balaban J connectivity index is 1.39. The molecule has 3 rings (SSSR count). The Labute approximate surface area is 210 Å². The van der Waals surface area contributed by atoms with Crippen LogP contribution in [0.5, 0.6) is 0 Å². The topological polar surface area (TPSA) is 116 Å². The number of fused-ring (bicyclic) bond motifs is 1. The Morgan fingerprint density at radius 1 is 1.17 bits per heavy atom. The second-order valence-electron chi connectivity index (χ2n) is 9.80. The van der Waals surface area contributed by atoms with Crippen molar-refractivity contribution in [3.63, 3.8) is 0 Å². The third-order valence-corrected chi connectivity index (χ3v) is 7.14. The monoisotopic (exact) mass is 505 g/mol. The number of thioether (sulfide) groups is 1. The minimum absolute atomic E-state index is 0.0400. The van der Waals surface area contributed by atoms with Gasteiger partial charge in [-0.15, -0.1) is 0 Å². The zero-order chi connectivity index (χ0) is 25.6. The lowest BCUT2D eigenvalue weighted by Crippen LogP contribution is -2.53. The molecule has 9 nitrogen and oxygen atoms in total. The number of aliphatic hydroxyl groups is 1. The van der Waals surface area contributed by atoms with Gasteiger partial charge in [-0.1, -0.05) is 12.1 Å². The Hall–Kier alpha value is -2.59. The molecule has 192 valence electrons. The summed E-state index contributed by atoms with van der Waals surface area (Å²) in [5, 5.41) is 12.1. The molecule has 0 radical (unpaired) electrons. The van der Waals surface area contributed by atoms with Crippen molar-refractivity contribution in [3.8, 4) is 0 Å². The van der Waals surface area contributed by atoms with Gasteiger partial charge < -0.3 is 20.1 Å². The second-order valence-corrected chi connectivity index (χ2v) is 10.9. The molecular formula is C25H35N3O6S. The minimum atomic E-state index is -1.03. The normalized spacial score (nSPS) is 18.6. The lowest BCUT2D eigenvalue weighted by Gasteiger charge is -2.29. The average molecular weight is 506 g/mol. The summed E-state index contributed by atoms with van der Waals surface area (Å²) in [4.78, 5) is 52.9. The highest BCUT2D eigenvalue weighted by Gasteiger charge is 2.35. The molecule has 35 heavy (non-hydrogen) atoms. The Kier molecular flexibility index (Phi) is 9.18. The molecule has 2 aliphatic rings. The Morgan fingerprint density at radius 2 is 1.83 bits per heavy atom. The smallest absolute Gasteiger partial charge is 0.408 e. The van der Waals surface area contributed by atoms with Gasteiger partial charge in [-0.25, -0.2) is 4.79 Å². The van der Waals surface area contributed by atoms with E-state index in [4.69, 9.17) is 4.74 Å². The van der Waals surface area contributed by atoms with E-state index in [1.807, 2.05) is 0 Å². The summed E-state index contributed by atoms with van der Waals surface area (Å²) in [6.07, 6.45) is 2.59. The molecule has 2 aliphatic heterocycles. The number of alkyl carbamates (subject to hydrolysis) is 1. The van der Waals surface area contributed by atoms with Gasteiger partial charge in [-0.2, -0.15) is 11.8 Å². The molecule has 0 unspecified atom stereocenters. The molecule has 0 saturated carbocycles. The number of nitrogens with one attached hydrogen (secondary N) is 1. The van der Waals surface area contributed by atoms with Gasteiger partial charge >= 0.3 is 6.09 Å². The first-order valence-electron chi connectivity index (χ1n) is 12.1. The molecule has 0 spiro atoms. The van der Waals surface area contributed by atoms with Crippen LogP contribution >= 0.6 is 11.8 Å². The van der Waals surface area contributed by atoms with Crippen LogP contribution in [-0.4, -0.2) is 87.6 Å². The zero-order valence-electron chi connectivity index (χ0n) is 20.6. The van der Waals surface area contributed by atoms with Crippen molar-refractivity contribution in [3.05, 3.63) is 35.4 Å². The molecule has 1 aromatic rings. The van der Waals surface area contributed by atoms with E-state index >= 15 is 0 Å². The Bertz CT molecular complexity index is 912. The fourth-order valence-electron chi connectivity index (χ4n) is 4.27. The average Bonchev–Trinajstić information content (AvgIpc) is 3.36. The van der Waals surface area contributed by atoms with Crippen LogP contribution in [-0.2, 0) is 9.53 Å². The van der Waals surface area contributed by atoms with Gasteiger partial charge in [0.1, 0.15) is 11.6 Å². The fraction of sp³-hybridized carbons (Fsp3) is 0.600. The standard InChI is InChI=1S/C25H35N3O6S/c1-25(2,3)34-24(33)26-20(15-29)23(32)27-13-8-9-17(27)16-35-14-7-6-12-28-21(30)18-10-4-5-11-19(18)22(28)31/h4-5,10-11,17,20,29H,6-9,12-16H2,1-3H3,(H,26,33)/t17-,20+/m1/s1. The van der Waals surface area contributed by atoms with Crippen molar-refractivity contribution in [1.29, 1.82) is 0 Å². The van der Waals surface area contributed by atoms with Gasteiger partial charge in [-0.05, 0) is 64.3 Å². The van der Waals surface area contributed by atoms with Gasteiger partial charge in [0.2, 0.25) is 5.91 Å². The van der Waals surface area contributed by atoms with E-state index in [-0.39, 0.29) is 23.8 Å². The first-order chi connectivity index (χ1) is 16.6. The largest absolute Gasteiger partial charge is 0.444 e. The van der Waals surface area contributed by atoms with E-state index in [1.54, 1.807) is 61.7 Å². The van der Waals surface area contributed by atoms with E-state index < -0.39 is 24.3 Å². The molecule has 2 N–H and O–H groups in total. The predicted molar refractivity (Wildman–Crippen MR) is 133 cm³/mol. The van der Waals surface area contributed by atoms with Crippen molar-refractivity contribution in [2.75, 3.05) is 31.2 Å². The SMILES string of the molecule is CC(C)(C)OC(=O)N[C@@H](CO)C(=O)N1CCC[C@@H]1CSCCCCN1C(=O)c2ccccc2C1=O. The van der Waals surface area contributed by atoms with Gasteiger partial charge in [-0.3, -0.25) is 19.3 Å². The maximum Gasteiger partial charge on any atom is 0.408 e. The highest BCUT2D eigenvalue weighted by atomic mass is 32.2. The fourth-order valence-corrected chi connectivity index (χ4v) is 5.46. The Morgan fingerprint density at radius 3 is 2.43 bits per heavy atom. The van der Waals surface area contributed by atoms with Crippen LogP contribution in [0.2, 0.25) is 0 Å². The summed E-state index contributed by atoms with van der Waals surface area (Å²) < 4.78 is 5.20. The maximum absolute atomic E-state index is 12.9. The number of nitrogens with zero attached hydrogens (tertiary/aromatic N) is 2. The quantitative estimate of drug-likeness (QED) is 0.371. The summed E-state index contributed by atoms with van der Waals surface area (Å²) in [7, 11) is 0. The van der Waals surface area contributed by atoms with E-state index in [0.29, 0.717) is 24.2 Å². The summed E-state index contributed by atoms with van der Waals surface area (Å²) in [6.45, 7) is 5.69. The number of likely N-dealkylation sites (tertiary alicyclic amines) is 1. The number of amides is 4. The molecule has 1 saturated heterocycles. The van der Waals surface area contributed by atoms with Crippen LogP contribution in [0.4, 0.5) is 4.79 Å². The summed E-state index contributed by atoms with van der Waals surface area (Å²) >= 11 is 1.73. The predicted octanol–water partition coefficient (Wildman–Crippen LogP) is 2.67. The van der Waals surface area contributed by atoms with Crippen molar-refractivity contribution in [1.82, 2.24) is 15.1 Å². The van der Waals surface area contributed by atoms with Crippen LogP contribution in [0, 0.1) is 0 Å².